The highest BCUT2D eigenvalue weighted by Crippen LogP contribution is 2.14. The number of benzene rings is 1. The quantitative estimate of drug-likeness (QED) is 0.794. The Labute approximate surface area is 106 Å². The van der Waals surface area contributed by atoms with Gasteiger partial charge in [-0.2, -0.15) is 0 Å². The summed E-state index contributed by atoms with van der Waals surface area (Å²) in [5.74, 6) is -0.130. The second kappa shape index (κ2) is 4.77. The summed E-state index contributed by atoms with van der Waals surface area (Å²) in [4.78, 5) is 12.4. The van der Waals surface area contributed by atoms with Crippen LogP contribution in [0.3, 0.4) is 0 Å². The highest BCUT2D eigenvalue weighted by Gasteiger charge is 2.10. The Morgan fingerprint density at radius 1 is 1.06 bits per heavy atom. The second-order valence-corrected chi connectivity index (χ2v) is 4.70. The number of aromatic nitrogens is 1. The van der Waals surface area contributed by atoms with Crippen LogP contribution in [0.5, 0.6) is 0 Å². The van der Waals surface area contributed by atoms with E-state index < -0.39 is 0 Å². The molecule has 3 heteroatoms. The van der Waals surface area contributed by atoms with E-state index in [0.29, 0.717) is 5.69 Å². The van der Waals surface area contributed by atoms with Crippen LogP contribution in [-0.2, 0) is 0 Å². The molecule has 0 aliphatic heterocycles. The van der Waals surface area contributed by atoms with Crippen molar-refractivity contribution in [2.75, 3.05) is 0 Å². The molecule has 2 rings (SSSR count). The van der Waals surface area contributed by atoms with Gasteiger partial charge in [0.15, 0.2) is 0 Å². The van der Waals surface area contributed by atoms with Crippen molar-refractivity contribution in [1.82, 2.24) is 4.57 Å². The lowest BCUT2D eigenvalue weighted by atomic mass is 10.0. The molecule has 0 amide bonds. The van der Waals surface area contributed by atoms with Gasteiger partial charge in [-0.25, -0.2) is 4.39 Å². The van der Waals surface area contributed by atoms with Gasteiger partial charge in [0, 0.05) is 16.9 Å². The molecule has 1 aromatic heterocycles. The Morgan fingerprint density at radius 3 is 2.22 bits per heavy atom. The van der Waals surface area contributed by atoms with Crippen molar-refractivity contribution < 1.29 is 4.39 Å². The molecule has 0 aliphatic carbocycles. The Hall–Kier alpha value is -1.90. The van der Waals surface area contributed by atoms with E-state index in [1.165, 1.54) is 12.1 Å². The van der Waals surface area contributed by atoms with Gasteiger partial charge in [0.05, 0.1) is 0 Å². The molecule has 2 nitrogen and oxygen atoms in total. The molecule has 0 N–H and O–H groups in total. The lowest BCUT2D eigenvalue weighted by Gasteiger charge is -2.13. The summed E-state index contributed by atoms with van der Waals surface area (Å²) in [6.07, 6.45) is 0. The third-order valence-corrected chi connectivity index (χ3v) is 3.01. The molecule has 0 radical (unpaired) electrons. The third-order valence-electron chi connectivity index (χ3n) is 3.01. The fourth-order valence-corrected chi connectivity index (χ4v) is 2.00. The van der Waals surface area contributed by atoms with Gasteiger partial charge in [-0.1, -0.05) is 19.9 Å². The van der Waals surface area contributed by atoms with E-state index in [1.54, 1.807) is 16.7 Å². The van der Waals surface area contributed by atoms with Crippen LogP contribution in [0.2, 0.25) is 0 Å². The van der Waals surface area contributed by atoms with E-state index in [9.17, 15) is 9.18 Å². The van der Waals surface area contributed by atoms with Gasteiger partial charge in [-0.15, -0.1) is 0 Å². The highest BCUT2D eigenvalue weighted by atomic mass is 19.1. The summed E-state index contributed by atoms with van der Waals surface area (Å²) >= 11 is 0. The van der Waals surface area contributed by atoms with Crippen molar-refractivity contribution in [2.45, 2.75) is 26.7 Å². The fraction of sp³-hybridized carbons (Fsp3) is 0.267. The average molecular weight is 245 g/mol. The SMILES string of the molecule is Cc1ccc(C(C)C)c(=O)n1-c1ccc(F)cc1. The third kappa shape index (κ3) is 2.21. The summed E-state index contributed by atoms with van der Waals surface area (Å²) in [5, 5.41) is 0. The number of pyridine rings is 1. The minimum atomic E-state index is -0.301. The van der Waals surface area contributed by atoms with E-state index in [2.05, 4.69) is 0 Å². The fourth-order valence-electron chi connectivity index (χ4n) is 2.00. The van der Waals surface area contributed by atoms with Crippen LogP contribution in [-0.4, -0.2) is 4.57 Å². The Bertz CT molecular complexity index is 611. The van der Waals surface area contributed by atoms with Crippen LogP contribution in [0.15, 0.2) is 41.2 Å². The zero-order chi connectivity index (χ0) is 13.3. The van der Waals surface area contributed by atoms with Crippen molar-refractivity contribution in [3.05, 3.63) is 63.8 Å². The molecule has 2 aromatic rings. The maximum absolute atomic E-state index is 12.9. The van der Waals surface area contributed by atoms with Crippen molar-refractivity contribution in [3.8, 4) is 5.69 Å². The summed E-state index contributed by atoms with van der Waals surface area (Å²) in [6.45, 7) is 5.84. The number of hydrogen-bond acceptors (Lipinski definition) is 1. The number of hydrogen-bond donors (Lipinski definition) is 0. The molecule has 0 spiro atoms. The van der Waals surface area contributed by atoms with Crippen LogP contribution in [0.1, 0.15) is 31.0 Å². The second-order valence-electron chi connectivity index (χ2n) is 4.70. The molecular formula is C15H16FNO. The molecule has 18 heavy (non-hydrogen) atoms. The smallest absolute Gasteiger partial charge is 0.258 e. The monoisotopic (exact) mass is 245 g/mol. The normalized spacial score (nSPS) is 10.9. The zero-order valence-corrected chi connectivity index (χ0v) is 10.8. The molecule has 94 valence electrons. The molecule has 0 bridgehead atoms. The van der Waals surface area contributed by atoms with E-state index in [1.807, 2.05) is 32.9 Å². The van der Waals surface area contributed by atoms with Gasteiger partial charge >= 0.3 is 0 Å². The molecule has 0 saturated carbocycles. The summed E-state index contributed by atoms with van der Waals surface area (Å²) < 4.78 is 14.5. The van der Waals surface area contributed by atoms with Crippen molar-refractivity contribution in [1.29, 1.82) is 0 Å². The molecule has 1 heterocycles. The van der Waals surface area contributed by atoms with Crippen LogP contribution >= 0.6 is 0 Å². The van der Waals surface area contributed by atoms with E-state index in [0.717, 1.165) is 11.3 Å². The number of halogens is 1. The molecule has 0 aliphatic rings. The Balaban J connectivity index is 2.67. The van der Waals surface area contributed by atoms with Crippen molar-refractivity contribution in [3.63, 3.8) is 0 Å². The summed E-state index contributed by atoms with van der Waals surface area (Å²) in [5.41, 5.74) is 2.28. The first-order valence-electron chi connectivity index (χ1n) is 5.99. The first-order valence-corrected chi connectivity index (χ1v) is 5.99. The van der Waals surface area contributed by atoms with Gasteiger partial charge < -0.3 is 0 Å². The molecule has 0 atom stereocenters. The lowest BCUT2D eigenvalue weighted by Crippen LogP contribution is -2.24. The predicted molar refractivity (Wildman–Crippen MR) is 70.8 cm³/mol. The molecular weight excluding hydrogens is 229 g/mol. The average Bonchev–Trinajstić information content (AvgIpc) is 2.31. The van der Waals surface area contributed by atoms with Crippen molar-refractivity contribution >= 4 is 0 Å². The molecule has 0 saturated heterocycles. The van der Waals surface area contributed by atoms with Crippen LogP contribution in [0.25, 0.3) is 5.69 Å². The maximum Gasteiger partial charge on any atom is 0.258 e. The van der Waals surface area contributed by atoms with Crippen LogP contribution in [0.4, 0.5) is 4.39 Å². The van der Waals surface area contributed by atoms with Crippen LogP contribution < -0.4 is 5.56 Å². The van der Waals surface area contributed by atoms with Crippen molar-refractivity contribution in [2.24, 2.45) is 0 Å². The van der Waals surface area contributed by atoms with Gasteiger partial charge in [0.25, 0.3) is 5.56 Å². The first-order chi connectivity index (χ1) is 8.50. The standard InChI is InChI=1S/C15H16FNO/c1-10(2)14-9-4-11(3)17(15(14)18)13-7-5-12(16)6-8-13/h4-10H,1-3H3. The maximum atomic E-state index is 12.9. The predicted octanol–water partition coefficient (Wildman–Crippen LogP) is 3.41. The minimum absolute atomic E-state index is 0.0309. The highest BCUT2D eigenvalue weighted by molar-refractivity contribution is 5.36. The first kappa shape index (κ1) is 12.6. The summed E-state index contributed by atoms with van der Waals surface area (Å²) in [6, 6.07) is 9.75. The van der Waals surface area contributed by atoms with Gasteiger partial charge in [0.1, 0.15) is 5.82 Å². The number of nitrogens with zero attached hydrogens (tertiary/aromatic N) is 1. The molecule has 0 unspecified atom stereocenters. The largest absolute Gasteiger partial charge is 0.281 e. The molecule has 0 fully saturated rings. The lowest BCUT2D eigenvalue weighted by molar-refractivity contribution is 0.627. The topological polar surface area (TPSA) is 22.0 Å². The number of rotatable bonds is 2. The van der Waals surface area contributed by atoms with Gasteiger partial charge in [-0.05, 0) is 43.2 Å². The van der Waals surface area contributed by atoms with Gasteiger partial charge in [-0.3, -0.25) is 9.36 Å². The minimum Gasteiger partial charge on any atom is -0.281 e. The summed E-state index contributed by atoms with van der Waals surface area (Å²) in [7, 11) is 0. The van der Waals surface area contributed by atoms with E-state index in [-0.39, 0.29) is 17.3 Å². The van der Waals surface area contributed by atoms with E-state index >= 15 is 0 Å². The van der Waals surface area contributed by atoms with Crippen LogP contribution in [0, 0.1) is 12.7 Å². The number of aryl methyl sites for hydroxylation is 1. The molecule has 1 aromatic carbocycles. The van der Waals surface area contributed by atoms with E-state index in [4.69, 9.17) is 0 Å². The zero-order valence-electron chi connectivity index (χ0n) is 10.8. The van der Waals surface area contributed by atoms with Gasteiger partial charge in [0.2, 0.25) is 0 Å². The Morgan fingerprint density at radius 2 is 1.67 bits per heavy atom. The Kier molecular flexibility index (Phi) is 3.32.